The van der Waals surface area contributed by atoms with Crippen molar-refractivity contribution in [2.24, 2.45) is 10.9 Å². The van der Waals surface area contributed by atoms with Crippen LogP contribution >= 0.6 is 21.6 Å². The van der Waals surface area contributed by atoms with Gasteiger partial charge in [-0.15, -0.1) is 0 Å². The van der Waals surface area contributed by atoms with Crippen molar-refractivity contribution in [3.05, 3.63) is 124 Å². The summed E-state index contributed by atoms with van der Waals surface area (Å²) in [6, 6.07) is 22.3. The Morgan fingerprint density at radius 1 is 0.957 bits per heavy atom. The van der Waals surface area contributed by atoms with Gasteiger partial charge in [0.2, 0.25) is 0 Å². The van der Waals surface area contributed by atoms with E-state index in [9.17, 15) is 4.79 Å². The number of benzene rings is 3. The molecule has 3 aromatic rings. The number of anilines is 1. The molecule has 1 heterocycles. The molecule has 3 aromatic carbocycles. The van der Waals surface area contributed by atoms with Crippen molar-refractivity contribution < 1.29 is 4.79 Å². The van der Waals surface area contributed by atoms with Crippen LogP contribution in [0.4, 0.5) is 10.5 Å². The Morgan fingerprint density at radius 2 is 1.53 bits per heavy atom. The number of carbonyl (C=O) groups is 1. The third-order valence-corrected chi connectivity index (χ3v) is 9.06. The Balaban J connectivity index is 0.000000602. The lowest BCUT2D eigenvalue weighted by atomic mass is 9.92. The highest BCUT2D eigenvalue weighted by molar-refractivity contribution is 8.77. The standard InChI is InChI=1S/C30H35N5O.C5H10S2.C4H10/c1-6-32-17-18-33-30(36)35-28(24-13-9-21(3)10-14-24)27(23-11-7-20(2)8-12-23)34-29(35)26-16-15-25(31-5)19-22(26)4;1-4-5(2)7-6-3;1-4(2)3/h6-16,19,27-28,31-32H,1,17-18H2,2-5H3,(H,33,36);2,4H2,1,3H3;4H,1-3H3. The van der Waals surface area contributed by atoms with E-state index in [1.807, 2.05) is 24.1 Å². The van der Waals surface area contributed by atoms with Crippen LogP contribution < -0.4 is 16.0 Å². The summed E-state index contributed by atoms with van der Waals surface area (Å²) in [6.07, 6.45) is 4.78. The van der Waals surface area contributed by atoms with E-state index in [4.69, 9.17) is 4.99 Å². The summed E-state index contributed by atoms with van der Waals surface area (Å²) in [6.45, 7) is 23.4. The Morgan fingerprint density at radius 3 is 2.00 bits per heavy atom. The Bertz CT molecular complexity index is 1450. The van der Waals surface area contributed by atoms with E-state index in [0.29, 0.717) is 18.9 Å². The highest BCUT2D eigenvalue weighted by atomic mass is 33.1. The number of amides is 2. The maximum absolute atomic E-state index is 13.8. The predicted octanol–water partition coefficient (Wildman–Crippen LogP) is 10.2. The minimum Gasteiger partial charge on any atom is -0.390 e. The maximum Gasteiger partial charge on any atom is 0.323 e. The highest BCUT2D eigenvalue weighted by Crippen LogP contribution is 2.44. The summed E-state index contributed by atoms with van der Waals surface area (Å²) in [5.74, 6) is 1.51. The van der Waals surface area contributed by atoms with Crippen molar-refractivity contribution in [2.75, 3.05) is 31.7 Å². The molecule has 0 bridgehead atoms. The fourth-order valence-electron chi connectivity index (χ4n) is 4.75. The smallest absolute Gasteiger partial charge is 0.323 e. The van der Waals surface area contributed by atoms with E-state index in [1.54, 1.807) is 27.8 Å². The van der Waals surface area contributed by atoms with Crippen LogP contribution in [0, 0.1) is 26.7 Å². The molecule has 3 N–H and O–H groups in total. The molecule has 0 aliphatic carbocycles. The van der Waals surface area contributed by atoms with Crippen molar-refractivity contribution in [1.82, 2.24) is 15.5 Å². The van der Waals surface area contributed by atoms with Gasteiger partial charge in [-0.25, -0.2) is 4.79 Å². The van der Waals surface area contributed by atoms with Crippen molar-refractivity contribution in [3.8, 4) is 0 Å². The lowest BCUT2D eigenvalue weighted by molar-refractivity contribution is 0.208. The van der Waals surface area contributed by atoms with Crippen LogP contribution in [0.15, 0.2) is 96.0 Å². The van der Waals surface area contributed by atoms with E-state index in [1.165, 1.54) is 16.0 Å². The highest BCUT2D eigenvalue weighted by Gasteiger charge is 2.42. The van der Waals surface area contributed by atoms with E-state index in [0.717, 1.165) is 40.3 Å². The second-order valence-corrected chi connectivity index (χ2v) is 14.7. The van der Waals surface area contributed by atoms with Gasteiger partial charge >= 0.3 is 6.03 Å². The molecule has 1 aliphatic heterocycles. The van der Waals surface area contributed by atoms with E-state index in [-0.39, 0.29) is 18.1 Å². The van der Waals surface area contributed by atoms with Crippen LogP contribution in [0.3, 0.4) is 0 Å². The Hall–Kier alpha value is -3.62. The average Bonchev–Trinajstić information content (AvgIpc) is 3.44. The monoisotopic (exact) mass is 673 g/mol. The molecule has 2 unspecified atom stereocenters. The number of aliphatic imine (C=N–C) groups is 1. The molecule has 0 saturated heterocycles. The number of amidine groups is 1. The molecule has 8 heteroatoms. The topological polar surface area (TPSA) is 68.8 Å². The van der Waals surface area contributed by atoms with Crippen molar-refractivity contribution >= 4 is 39.1 Å². The number of urea groups is 1. The molecule has 2 amide bonds. The summed E-state index contributed by atoms with van der Waals surface area (Å²) >= 11 is 0. The first-order chi connectivity index (χ1) is 22.5. The van der Waals surface area contributed by atoms with Crippen LogP contribution in [-0.4, -0.2) is 43.2 Å². The predicted molar refractivity (Wildman–Crippen MR) is 210 cm³/mol. The van der Waals surface area contributed by atoms with E-state index < -0.39 is 0 Å². The van der Waals surface area contributed by atoms with Crippen molar-refractivity contribution in [3.63, 3.8) is 0 Å². The normalized spacial score (nSPS) is 15.0. The quantitative estimate of drug-likeness (QED) is 0.140. The summed E-state index contributed by atoms with van der Waals surface area (Å²) in [7, 11) is 5.41. The number of allylic oxidation sites excluding steroid dienone is 1. The molecule has 0 radical (unpaired) electrons. The van der Waals surface area contributed by atoms with Crippen LogP contribution in [0.5, 0.6) is 0 Å². The molecule has 47 heavy (non-hydrogen) atoms. The molecule has 0 aromatic heterocycles. The zero-order chi connectivity index (χ0) is 34.9. The molecule has 6 nitrogen and oxygen atoms in total. The molecule has 2 atom stereocenters. The molecular formula is C39H55N5OS2. The Kier molecular flexibility index (Phi) is 17.3. The first-order valence-corrected chi connectivity index (χ1v) is 18.8. The molecule has 0 fully saturated rings. The van der Waals surface area contributed by atoms with Gasteiger partial charge in [-0.1, -0.05) is 122 Å². The number of hydrogen-bond donors (Lipinski definition) is 3. The number of rotatable bonds is 11. The first kappa shape index (κ1) is 39.6. The van der Waals surface area contributed by atoms with Gasteiger partial charge in [-0.2, -0.15) is 0 Å². The summed E-state index contributed by atoms with van der Waals surface area (Å²) in [4.78, 5) is 22.1. The van der Waals surface area contributed by atoms with Gasteiger partial charge in [0.05, 0.1) is 6.04 Å². The summed E-state index contributed by atoms with van der Waals surface area (Å²) < 4.78 is 0. The molecular weight excluding hydrogens is 619 g/mol. The van der Waals surface area contributed by atoms with Gasteiger partial charge < -0.3 is 16.0 Å². The zero-order valence-electron chi connectivity index (χ0n) is 29.8. The average molecular weight is 674 g/mol. The van der Waals surface area contributed by atoms with Gasteiger partial charge in [0.15, 0.2) is 0 Å². The van der Waals surface area contributed by atoms with Gasteiger partial charge in [0, 0.05) is 31.4 Å². The van der Waals surface area contributed by atoms with E-state index >= 15 is 0 Å². The summed E-state index contributed by atoms with van der Waals surface area (Å²) in [5.41, 5.74) is 7.52. The van der Waals surface area contributed by atoms with Gasteiger partial charge in [-0.3, -0.25) is 9.89 Å². The molecule has 0 saturated carbocycles. The number of aryl methyl sites for hydroxylation is 3. The van der Waals surface area contributed by atoms with Crippen LogP contribution in [0.2, 0.25) is 0 Å². The second kappa shape index (κ2) is 20.6. The third-order valence-electron chi connectivity index (χ3n) is 7.16. The minimum atomic E-state index is -0.279. The van der Waals surface area contributed by atoms with Gasteiger partial charge in [0.25, 0.3) is 0 Å². The van der Waals surface area contributed by atoms with Gasteiger partial charge in [0.1, 0.15) is 11.9 Å². The minimum absolute atomic E-state index is 0.170. The number of nitrogens with one attached hydrogen (secondary N) is 3. The number of carbonyl (C=O) groups excluding carboxylic acids is 1. The largest absolute Gasteiger partial charge is 0.390 e. The zero-order valence-corrected chi connectivity index (χ0v) is 31.4. The second-order valence-electron chi connectivity index (χ2n) is 12.1. The van der Waals surface area contributed by atoms with Crippen LogP contribution in [0.1, 0.15) is 79.6 Å². The molecule has 0 spiro atoms. The van der Waals surface area contributed by atoms with Crippen LogP contribution in [0.25, 0.3) is 0 Å². The number of hydrogen-bond acceptors (Lipinski definition) is 6. The first-order valence-electron chi connectivity index (χ1n) is 16.3. The SMILES string of the molecule is C=C(CC)SSC.C=CNCCNC(=O)N1C(c2ccc(NC)cc2C)=NC(c2ccc(C)cc2)C1c1ccc(C)cc1.CC(C)C. The fraction of sp³-hybridized carbons (Fsp3) is 0.385. The maximum atomic E-state index is 13.8. The fourth-order valence-corrected chi connectivity index (χ4v) is 6.16. The lowest BCUT2D eigenvalue weighted by Crippen LogP contribution is -2.45. The molecule has 254 valence electrons. The molecule has 4 rings (SSSR count). The molecule has 1 aliphatic rings. The third kappa shape index (κ3) is 12.5. The van der Waals surface area contributed by atoms with Crippen molar-refractivity contribution in [2.45, 2.75) is 67.0 Å². The summed E-state index contributed by atoms with van der Waals surface area (Å²) in [5, 5.41) is 9.31. The van der Waals surface area contributed by atoms with Gasteiger partial charge in [-0.05, 0) is 85.4 Å². The van der Waals surface area contributed by atoms with Crippen molar-refractivity contribution in [1.29, 1.82) is 0 Å². The number of nitrogens with zero attached hydrogens (tertiary/aromatic N) is 2. The van der Waals surface area contributed by atoms with E-state index in [2.05, 4.69) is 138 Å². The van der Waals surface area contributed by atoms with Crippen LogP contribution in [-0.2, 0) is 0 Å². The lowest BCUT2D eigenvalue weighted by Gasteiger charge is -2.30. The Labute approximate surface area is 292 Å².